The third-order valence-corrected chi connectivity index (χ3v) is 6.81. The normalized spacial score (nSPS) is 48.7. The van der Waals surface area contributed by atoms with E-state index in [1.54, 1.807) is 0 Å². The second kappa shape index (κ2) is 5.67. The Bertz CT molecular complexity index is 540. The first-order valence-electron chi connectivity index (χ1n) is 9.78. The SMILES string of the molecule is N#CCCC1CC[C@@H]2OC3C[C@]2(C[C@H]2OC4(CCCCC4)O[C@@H]32)O1. The molecule has 2 unspecified atom stereocenters. The molecule has 2 saturated carbocycles. The van der Waals surface area contributed by atoms with E-state index < -0.39 is 0 Å². The van der Waals surface area contributed by atoms with Gasteiger partial charge in [-0.25, -0.2) is 0 Å². The summed E-state index contributed by atoms with van der Waals surface area (Å²) in [5.74, 6) is -0.345. The first-order valence-corrected chi connectivity index (χ1v) is 9.78. The lowest BCUT2D eigenvalue weighted by molar-refractivity contribution is -0.215. The molecule has 0 radical (unpaired) electrons. The van der Waals surface area contributed by atoms with Crippen molar-refractivity contribution in [2.75, 3.05) is 0 Å². The number of nitriles is 1. The molecule has 0 N–H and O–H groups in total. The van der Waals surface area contributed by atoms with Gasteiger partial charge < -0.3 is 18.9 Å². The molecule has 5 nitrogen and oxygen atoms in total. The minimum Gasteiger partial charge on any atom is -0.369 e. The Morgan fingerprint density at radius 3 is 2.62 bits per heavy atom. The molecule has 2 spiro atoms. The molecule has 3 aliphatic heterocycles. The van der Waals surface area contributed by atoms with E-state index in [0.29, 0.717) is 6.42 Å². The molecule has 0 aromatic heterocycles. The molecule has 2 bridgehead atoms. The minimum atomic E-state index is -0.345. The molecule has 0 amide bonds. The third-order valence-electron chi connectivity index (χ3n) is 6.81. The molecule has 2 aliphatic carbocycles. The monoisotopic (exact) mass is 333 g/mol. The van der Waals surface area contributed by atoms with Gasteiger partial charge in [0.15, 0.2) is 5.79 Å². The molecule has 0 aromatic rings. The first kappa shape index (κ1) is 15.6. The minimum absolute atomic E-state index is 0.0838. The fourth-order valence-electron chi connectivity index (χ4n) is 5.76. The van der Waals surface area contributed by atoms with Crippen LogP contribution in [0.25, 0.3) is 0 Å². The predicted octanol–water partition coefficient (Wildman–Crippen LogP) is 3.21. The molecular weight excluding hydrogens is 306 g/mol. The van der Waals surface area contributed by atoms with Gasteiger partial charge in [-0.15, -0.1) is 0 Å². The summed E-state index contributed by atoms with van der Waals surface area (Å²) >= 11 is 0. The van der Waals surface area contributed by atoms with Gasteiger partial charge in [-0.3, -0.25) is 0 Å². The van der Waals surface area contributed by atoms with Gasteiger partial charge in [0.25, 0.3) is 0 Å². The summed E-state index contributed by atoms with van der Waals surface area (Å²) < 4.78 is 25.9. The molecule has 0 aromatic carbocycles. The number of hydrogen-bond acceptors (Lipinski definition) is 5. The summed E-state index contributed by atoms with van der Waals surface area (Å²) in [5, 5.41) is 8.86. The van der Waals surface area contributed by atoms with Crippen LogP contribution < -0.4 is 0 Å². The summed E-state index contributed by atoms with van der Waals surface area (Å²) in [4.78, 5) is 0. The van der Waals surface area contributed by atoms with Crippen LogP contribution in [0.5, 0.6) is 0 Å². The van der Waals surface area contributed by atoms with Crippen molar-refractivity contribution < 1.29 is 18.9 Å². The fraction of sp³-hybridized carbons (Fsp3) is 0.947. The van der Waals surface area contributed by atoms with E-state index in [2.05, 4.69) is 6.07 Å². The summed E-state index contributed by atoms with van der Waals surface area (Å²) in [7, 11) is 0. The van der Waals surface area contributed by atoms with E-state index in [0.717, 1.165) is 44.9 Å². The van der Waals surface area contributed by atoms with Gasteiger partial charge in [0.05, 0.1) is 36.1 Å². The fourth-order valence-corrected chi connectivity index (χ4v) is 5.76. The van der Waals surface area contributed by atoms with Crippen molar-refractivity contribution in [1.82, 2.24) is 0 Å². The molecule has 5 rings (SSSR count). The summed E-state index contributed by atoms with van der Waals surface area (Å²) in [6.45, 7) is 0. The van der Waals surface area contributed by atoms with Crippen molar-refractivity contribution in [3.05, 3.63) is 0 Å². The molecular formula is C19H27NO4. The summed E-state index contributed by atoms with van der Waals surface area (Å²) in [5.41, 5.74) is -0.201. The van der Waals surface area contributed by atoms with Gasteiger partial charge in [-0.1, -0.05) is 6.42 Å². The van der Waals surface area contributed by atoms with E-state index >= 15 is 0 Å². The van der Waals surface area contributed by atoms with E-state index in [-0.39, 0.29) is 41.9 Å². The summed E-state index contributed by atoms with van der Waals surface area (Å²) in [6, 6.07) is 2.25. The Hall–Kier alpha value is -0.670. The van der Waals surface area contributed by atoms with E-state index in [1.165, 1.54) is 19.3 Å². The van der Waals surface area contributed by atoms with Crippen molar-refractivity contribution in [2.24, 2.45) is 0 Å². The maximum absolute atomic E-state index is 8.86. The average Bonchev–Trinajstić information content (AvgIpc) is 3.09. The lowest BCUT2D eigenvalue weighted by Gasteiger charge is -2.44. The van der Waals surface area contributed by atoms with Crippen LogP contribution in [0.1, 0.15) is 70.6 Å². The van der Waals surface area contributed by atoms with Crippen molar-refractivity contribution in [2.45, 2.75) is 113 Å². The third kappa shape index (κ3) is 2.34. The van der Waals surface area contributed by atoms with E-state index in [9.17, 15) is 0 Å². The van der Waals surface area contributed by atoms with Gasteiger partial charge in [-0.05, 0) is 32.1 Å². The smallest absolute Gasteiger partial charge is 0.169 e. The Kier molecular flexibility index (Phi) is 3.68. The van der Waals surface area contributed by atoms with E-state index in [4.69, 9.17) is 24.2 Å². The molecule has 6 atom stereocenters. The van der Waals surface area contributed by atoms with Crippen molar-refractivity contribution in [1.29, 1.82) is 5.26 Å². The van der Waals surface area contributed by atoms with Crippen LogP contribution in [-0.4, -0.2) is 41.9 Å². The number of ether oxygens (including phenoxy) is 4. The molecule has 24 heavy (non-hydrogen) atoms. The highest BCUT2D eigenvalue weighted by molar-refractivity contribution is 5.12. The highest BCUT2D eigenvalue weighted by atomic mass is 16.8. The maximum atomic E-state index is 8.86. The van der Waals surface area contributed by atoms with Gasteiger partial charge in [0.2, 0.25) is 0 Å². The van der Waals surface area contributed by atoms with Crippen molar-refractivity contribution in [3.8, 4) is 6.07 Å². The largest absolute Gasteiger partial charge is 0.369 e. The first-order chi connectivity index (χ1) is 11.7. The van der Waals surface area contributed by atoms with Gasteiger partial charge in [-0.2, -0.15) is 5.26 Å². The van der Waals surface area contributed by atoms with Crippen LogP contribution in [0.4, 0.5) is 0 Å². The molecule has 3 saturated heterocycles. The van der Waals surface area contributed by atoms with Crippen molar-refractivity contribution >= 4 is 0 Å². The Morgan fingerprint density at radius 1 is 0.958 bits per heavy atom. The van der Waals surface area contributed by atoms with Crippen LogP contribution in [0, 0.1) is 11.3 Å². The summed E-state index contributed by atoms with van der Waals surface area (Å²) in [6.07, 6.45) is 11.7. The molecule has 5 fully saturated rings. The standard InChI is InChI=1S/C19H27NO4/c20-10-4-5-13-6-7-16-18(22-13)11-14(21-16)17-15(12-18)23-19(24-17)8-2-1-3-9-19/h13-17H,1-9,11-12H2/t13?,14?,15-,16+,17+,18-/m1/s1. The Balaban J connectivity index is 1.33. The lowest BCUT2D eigenvalue weighted by atomic mass is 9.76. The highest BCUT2D eigenvalue weighted by Gasteiger charge is 2.65. The van der Waals surface area contributed by atoms with Crippen LogP contribution >= 0.6 is 0 Å². The van der Waals surface area contributed by atoms with Gasteiger partial charge in [0.1, 0.15) is 6.10 Å². The maximum Gasteiger partial charge on any atom is 0.169 e. The van der Waals surface area contributed by atoms with Crippen LogP contribution in [-0.2, 0) is 18.9 Å². The molecule has 132 valence electrons. The Morgan fingerprint density at radius 2 is 1.79 bits per heavy atom. The topological polar surface area (TPSA) is 60.7 Å². The molecule has 5 heteroatoms. The quantitative estimate of drug-likeness (QED) is 0.776. The Labute approximate surface area is 143 Å². The highest BCUT2D eigenvalue weighted by Crippen LogP contribution is 2.55. The number of rotatable bonds is 2. The van der Waals surface area contributed by atoms with Crippen LogP contribution in [0.3, 0.4) is 0 Å². The predicted molar refractivity (Wildman–Crippen MR) is 85.1 cm³/mol. The number of fused-ring (bicyclic) bond motifs is 3. The number of hydrogen-bond donors (Lipinski definition) is 0. The molecule has 5 aliphatic rings. The van der Waals surface area contributed by atoms with Gasteiger partial charge in [0, 0.05) is 32.1 Å². The van der Waals surface area contributed by atoms with Crippen molar-refractivity contribution in [3.63, 3.8) is 0 Å². The second-order valence-corrected chi connectivity index (χ2v) is 8.36. The average molecular weight is 333 g/mol. The zero-order valence-corrected chi connectivity index (χ0v) is 14.2. The van der Waals surface area contributed by atoms with Crippen LogP contribution in [0.15, 0.2) is 0 Å². The molecule has 3 heterocycles. The van der Waals surface area contributed by atoms with E-state index in [1.807, 2.05) is 0 Å². The zero-order valence-electron chi connectivity index (χ0n) is 14.2. The number of nitrogens with zero attached hydrogens (tertiary/aromatic N) is 1. The zero-order chi connectivity index (χ0) is 16.2. The van der Waals surface area contributed by atoms with Crippen LogP contribution in [0.2, 0.25) is 0 Å². The second-order valence-electron chi connectivity index (χ2n) is 8.36. The van der Waals surface area contributed by atoms with Gasteiger partial charge >= 0.3 is 0 Å². The lowest BCUT2D eigenvalue weighted by Crippen LogP contribution is -2.53.